The van der Waals surface area contributed by atoms with Gasteiger partial charge in [0.1, 0.15) is 6.10 Å². The van der Waals surface area contributed by atoms with Crippen molar-refractivity contribution in [3.63, 3.8) is 0 Å². The van der Waals surface area contributed by atoms with E-state index in [1.165, 1.54) is 35.1 Å². The molecule has 0 spiro atoms. The fraction of sp³-hybridized carbons (Fsp3) is 0.280. The molecule has 1 nitrogen and oxygen atoms in total. The number of hydrogen-bond acceptors (Lipinski definition) is 1. The van der Waals surface area contributed by atoms with Gasteiger partial charge in [-0.25, -0.2) is 0 Å². The molecule has 26 heavy (non-hydrogen) atoms. The molecular formula is C25H28O. The van der Waals surface area contributed by atoms with Crippen LogP contribution in [-0.4, -0.2) is 6.61 Å². The van der Waals surface area contributed by atoms with Gasteiger partial charge < -0.3 is 4.74 Å². The fourth-order valence-corrected chi connectivity index (χ4v) is 3.44. The zero-order chi connectivity index (χ0) is 18.2. The molecule has 0 amide bonds. The molecule has 0 saturated heterocycles. The fourth-order valence-electron chi connectivity index (χ4n) is 3.44. The normalized spacial score (nSPS) is 17.2. The summed E-state index contributed by atoms with van der Waals surface area (Å²) in [5.74, 6) is 0. The lowest BCUT2D eigenvalue weighted by Crippen LogP contribution is -2.01. The largest absolute Gasteiger partial charge is 0.364 e. The number of hydrogen-bond donors (Lipinski definition) is 0. The van der Waals surface area contributed by atoms with Crippen molar-refractivity contribution in [2.24, 2.45) is 0 Å². The lowest BCUT2D eigenvalue weighted by atomic mass is 9.92. The van der Waals surface area contributed by atoms with Crippen molar-refractivity contribution in [3.05, 3.63) is 107 Å². The molecule has 3 rings (SSSR count). The molecule has 1 unspecified atom stereocenters. The Hall–Kier alpha value is -2.38. The highest BCUT2D eigenvalue weighted by atomic mass is 16.5. The van der Waals surface area contributed by atoms with Gasteiger partial charge in [0.05, 0.1) is 6.61 Å². The summed E-state index contributed by atoms with van der Waals surface area (Å²) in [6, 6.07) is 21.1. The summed E-state index contributed by atoms with van der Waals surface area (Å²) in [5.41, 5.74) is 6.35. The van der Waals surface area contributed by atoms with E-state index < -0.39 is 0 Å². The first-order valence-electron chi connectivity index (χ1n) is 9.57. The van der Waals surface area contributed by atoms with Crippen molar-refractivity contribution >= 4 is 0 Å². The number of ether oxygens (including phenoxy) is 1. The van der Waals surface area contributed by atoms with Crippen LogP contribution in [0.4, 0.5) is 0 Å². The molecule has 1 heterocycles. The Balaban J connectivity index is 1.76. The van der Waals surface area contributed by atoms with Crippen LogP contribution in [0.15, 0.2) is 96.1 Å². The van der Waals surface area contributed by atoms with Crippen LogP contribution in [0, 0.1) is 0 Å². The standard InChI is InChI=1S/C25H28O/c1-3-4-18-23-24(19-26-25(23)22-16-9-6-10-17-22)20(2)12-11-15-21-13-7-5-8-14-21/h5-14,16-17,25H,2-4,15,18-19H2,1H3/b12-11+. The van der Waals surface area contributed by atoms with Crippen LogP contribution in [0.3, 0.4) is 0 Å². The molecular weight excluding hydrogens is 316 g/mol. The summed E-state index contributed by atoms with van der Waals surface area (Å²) in [6.07, 6.45) is 8.83. The highest BCUT2D eigenvalue weighted by molar-refractivity contribution is 5.47. The van der Waals surface area contributed by atoms with Crippen LogP contribution in [0.1, 0.15) is 43.4 Å². The van der Waals surface area contributed by atoms with Crippen molar-refractivity contribution in [1.29, 1.82) is 0 Å². The third kappa shape index (κ3) is 4.62. The Morgan fingerprint density at radius 1 is 1.08 bits per heavy atom. The molecule has 1 atom stereocenters. The zero-order valence-corrected chi connectivity index (χ0v) is 15.7. The van der Waals surface area contributed by atoms with E-state index in [1.54, 1.807) is 0 Å². The number of benzene rings is 2. The van der Waals surface area contributed by atoms with Crippen LogP contribution in [-0.2, 0) is 11.2 Å². The molecule has 0 radical (unpaired) electrons. The Morgan fingerprint density at radius 3 is 2.46 bits per heavy atom. The lowest BCUT2D eigenvalue weighted by Gasteiger charge is -2.15. The van der Waals surface area contributed by atoms with Gasteiger partial charge in [0.15, 0.2) is 0 Å². The Labute approximate surface area is 157 Å². The second kappa shape index (κ2) is 9.35. The maximum atomic E-state index is 6.18. The molecule has 0 saturated carbocycles. The molecule has 0 aliphatic carbocycles. The van der Waals surface area contributed by atoms with E-state index in [-0.39, 0.29) is 6.10 Å². The second-order valence-electron chi connectivity index (χ2n) is 6.83. The average molecular weight is 344 g/mol. The lowest BCUT2D eigenvalue weighted by molar-refractivity contribution is 0.119. The minimum atomic E-state index is 0.0806. The zero-order valence-electron chi connectivity index (χ0n) is 15.7. The molecule has 0 aromatic heterocycles. The predicted octanol–water partition coefficient (Wildman–Crippen LogP) is 6.60. The molecule has 1 aliphatic heterocycles. The van der Waals surface area contributed by atoms with Gasteiger partial charge in [-0.05, 0) is 47.1 Å². The summed E-state index contributed by atoms with van der Waals surface area (Å²) in [6.45, 7) is 7.23. The monoisotopic (exact) mass is 344 g/mol. The van der Waals surface area contributed by atoms with Crippen LogP contribution in [0.2, 0.25) is 0 Å². The third-order valence-electron chi connectivity index (χ3n) is 4.90. The van der Waals surface area contributed by atoms with Crippen LogP contribution in [0.25, 0.3) is 0 Å². The van der Waals surface area contributed by atoms with Gasteiger partial charge in [0.25, 0.3) is 0 Å². The van der Waals surface area contributed by atoms with Crippen LogP contribution >= 0.6 is 0 Å². The minimum Gasteiger partial charge on any atom is -0.364 e. The smallest absolute Gasteiger partial charge is 0.105 e. The maximum Gasteiger partial charge on any atom is 0.105 e. The topological polar surface area (TPSA) is 9.23 Å². The molecule has 0 bridgehead atoms. The van der Waals surface area contributed by atoms with E-state index in [9.17, 15) is 0 Å². The molecule has 2 aromatic rings. The Morgan fingerprint density at radius 2 is 1.77 bits per heavy atom. The quantitative estimate of drug-likeness (QED) is 0.490. The summed E-state index contributed by atoms with van der Waals surface area (Å²) in [7, 11) is 0. The Kier molecular flexibility index (Phi) is 6.62. The molecule has 134 valence electrons. The van der Waals surface area contributed by atoms with Crippen LogP contribution < -0.4 is 0 Å². The van der Waals surface area contributed by atoms with Gasteiger partial charge in [0.2, 0.25) is 0 Å². The van der Waals surface area contributed by atoms with E-state index in [2.05, 4.69) is 86.3 Å². The summed E-state index contributed by atoms with van der Waals surface area (Å²) in [5, 5.41) is 0. The summed E-state index contributed by atoms with van der Waals surface area (Å²) >= 11 is 0. The van der Waals surface area contributed by atoms with Crippen molar-refractivity contribution in [3.8, 4) is 0 Å². The second-order valence-corrected chi connectivity index (χ2v) is 6.83. The highest BCUT2D eigenvalue weighted by Gasteiger charge is 2.27. The molecule has 2 aromatic carbocycles. The van der Waals surface area contributed by atoms with E-state index >= 15 is 0 Å². The molecule has 0 fully saturated rings. The van der Waals surface area contributed by atoms with Gasteiger partial charge in [-0.15, -0.1) is 0 Å². The average Bonchev–Trinajstić information content (AvgIpc) is 3.11. The van der Waals surface area contributed by atoms with Crippen molar-refractivity contribution < 1.29 is 4.74 Å². The first-order chi connectivity index (χ1) is 12.8. The van der Waals surface area contributed by atoms with Crippen LogP contribution in [0.5, 0.6) is 0 Å². The van der Waals surface area contributed by atoms with Gasteiger partial charge in [-0.3, -0.25) is 0 Å². The van der Waals surface area contributed by atoms with Crippen molar-refractivity contribution in [1.82, 2.24) is 0 Å². The van der Waals surface area contributed by atoms with Gasteiger partial charge in [-0.1, -0.05) is 92.7 Å². The first kappa shape index (κ1) is 18.4. The molecule has 0 N–H and O–H groups in total. The van der Waals surface area contributed by atoms with E-state index in [0.717, 1.165) is 18.4 Å². The van der Waals surface area contributed by atoms with Gasteiger partial charge in [0, 0.05) is 0 Å². The summed E-state index contributed by atoms with van der Waals surface area (Å²) < 4.78 is 6.18. The molecule has 1 heteroatoms. The minimum absolute atomic E-state index is 0.0806. The first-order valence-corrected chi connectivity index (χ1v) is 9.57. The Bertz CT molecular complexity index is 768. The SMILES string of the molecule is C=C(/C=C/Cc1ccccc1)C1=C(CCCC)C(c2ccccc2)OC1. The number of allylic oxidation sites excluding steroid dienone is 2. The van der Waals surface area contributed by atoms with Crippen molar-refractivity contribution in [2.75, 3.05) is 6.61 Å². The van der Waals surface area contributed by atoms with E-state index in [0.29, 0.717) is 6.61 Å². The van der Waals surface area contributed by atoms with E-state index in [4.69, 9.17) is 4.74 Å². The predicted molar refractivity (Wildman–Crippen MR) is 110 cm³/mol. The van der Waals surface area contributed by atoms with Gasteiger partial charge in [-0.2, -0.15) is 0 Å². The van der Waals surface area contributed by atoms with Crippen molar-refractivity contribution in [2.45, 2.75) is 38.7 Å². The number of unbranched alkanes of at least 4 members (excludes halogenated alkanes) is 1. The van der Waals surface area contributed by atoms with E-state index in [1.807, 2.05) is 0 Å². The van der Waals surface area contributed by atoms with Gasteiger partial charge >= 0.3 is 0 Å². The summed E-state index contributed by atoms with van der Waals surface area (Å²) in [4.78, 5) is 0. The molecule has 1 aliphatic rings. The highest BCUT2D eigenvalue weighted by Crippen LogP contribution is 2.39. The third-order valence-corrected chi connectivity index (χ3v) is 4.90. The number of rotatable bonds is 8. The maximum absolute atomic E-state index is 6.18.